The molecular formula is C36H54N8O2. The molecule has 1 aromatic carbocycles. The van der Waals surface area contributed by atoms with Gasteiger partial charge in [0.15, 0.2) is 5.65 Å². The Bertz CT molecular complexity index is 1510. The number of likely N-dealkylation sites (N-methyl/N-ethyl adjacent to an activating group) is 1. The van der Waals surface area contributed by atoms with Crippen molar-refractivity contribution in [3.05, 3.63) is 77.8 Å². The van der Waals surface area contributed by atoms with Gasteiger partial charge in [0.05, 0.1) is 12.1 Å². The number of hydrogen-bond acceptors (Lipinski definition) is 8. The summed E-state index contributed by atoms with van der Waals surface area (Å²) in [5, 5.41) is 13.6. The number of aliphatic hydroxyl groups is 1. The van der Waals surface area contributed by atoms with Crippen molar-refractivity contribution in [3.63, 3.8) is 0 Å². The Morgan fingerprint density at radius 3 is 2.26 bits per heavy atom. The summed E-state index contributed by atoms with van der Waals surface area (Å²) in [6.07, 6.45) is 18.6. The third-order valence-electron chi connectivity index (χ3n) is 7.73. The van der Waals surface area contributed by atoms with Crippen molar-refractivity contribution in [1.82, 2.24) is 24.2 Å². The van der Waals surface area contributed by atoms with Crippen LogP contribution in [0.3, 0.4) is 0 Å². The molecule has 0 saturated carbocycles. The molecule has 1 fully saturated rings. The summed E-state index contributed by atoms with van der Waals surface area (Å²) in [7, 11) is 3.79. The lowest BCUT2D eigenvalue weighted by atomic mass is 10.1. The van der Waals surface area contributed by atoms with E-state index >= 15 is 0 Å². The van der Waals surface area contributed by atoms with Crippen molar-refractivity contribution in [2.24, 2.45) is 4.99 Å². The molecule has 0 aliphatic carbocycles. The first kappa shape index (κ1) is 36.4. The van der Waals surface area contributed by atoms with Gasteiger partial charge >= 0.3 is 0 Å². The number of unbranched alkanes of at least 4 members (excludes halogenated alkanes) is 5. The summed E-state index contributed by atoms with van der Waals surface area (Å²) in [6, 6.07) is 8.20. The van der Waals surface area contributed by atoms with Crippen LogP contribution in [0.1, 0.15) is 66.2 Å². The molecule has 10 nitrogen and oxygen atoms in total. The van der Waals surface area contributed by atoms with E-state index in [-0.39, 0.29) is 12.1 Å². The third-order valence-corrected chi connectivity index (χ3v) is 7.73. The number of piperazine rings is 1. The molecule has 0 atom stereocenters. The Hall–Kier alpha value is -4.02. The molecule has 0 amide bonds. The van der Waals surface area contributed by atoms with Crippen LogP contribution in [0.4, 0.5) is 17.3 Å². The molecule has 1 saturated heterocycles. The normalized spacial score (nSPS) is 14.7. The summed E-state index contributed by atoms with van der Waals surface area (Å²) in [5.41, 5.74) is 1.30. The Balaban J connectivity index is 0.000000637. The van der Waals surface area contributed by atoms with Gasteiger partial charge in [0.1, 0.15) is 11.2 Å². The first-order valence-electron chi connectivity index (χ1n) is 16.6. The Morgan fingerprint density at radius 1 is 1.04 bits per heavy atom. The molecule has 10 heteroatoms. The molecule has 3 heterocycles. The van der Waals surface area contributed by atoms with Crippen LogP contribution in [0.5, 0.6) is 0 Å². The first-order valence-corrected chi connectivity index (χ1v) is 16.6. The van der Waals surface area contributed by atoms with Crippen molar-refractivity contribution in [1.29, 1.82) is 0 Å². The summed E-state index contributed by atoms with van der Waals surface area (Å²) in [4.78, 5) is 31.3. The minimum atomic E-state index is -0.935. The maximum atomic E-state index is 13.2. The van der Waals surface area contributed by atoms with Gasteiger partial charge in [-0.05, 0) is 51.2 Å². The third kappa shape index (κ3) is 10.8. The molecule has 4 rings (SSSR count). The van der Waals surface area contributed by atoms with Crippen molar-refractivity contribution in [3.8, 4) is 0 Å². The van der Waals surface area contributed by atoms with E-state index in [1.54, 1.807) is 56.0 Å². The molecule has 3 aromatic rings. The molecule has 46 heavy (non-hydrogen) atoms. The number of hydrogen-bond donors (Lipinski definition) is 2. The number of benzene rings is 1. The molecule has 0 bridgehead atoms. The summed E-state index contributed by atoms with van der Waals surface area (Å²) in [5.74, 6) is 0.872. The Kier molecular flexibility index (Phi) is 14.4. The van der Waals surface area contributed by atoms with Gasteiger partial charge in [-0.1, -0.05) is 76.7 Å². The second-order valence-electron chi connectivity index (χ2n) is 12.2. The topological polar surface area (TPSA) is 104 Å². The molecule has 0 radical (unpaired) electrons. The zero-order chi connectivity index (χ0) is 33.5. The predicted octanol–water partition coefficient (Wildman–Crippen LogP) is 6.40. The lowest BCUT2D eigenvalue weighted by Gasteiger charge is -2.34. The van der Waals surface area contributed by atoms with Gasteiger partial charge in [-0.15, -0.1) is 6.58 Å². The molecule has 2 N–H and O–H groups in total. The number of fused-ring (bicyclic) bond motifs is 1. The molecule has 0 spiro atoms. The number of aliphatic imine (C=N–C) groups is 1. The molecule has 2 aromatic heterocycles. The fourth-order valence-electron chi connectivity index (χ4n) is 5.08. The highest BCUT2D eigenvalue weighted by Gasteiger charge is 2.18. The lowest BCUT2D eigenvalue weighted by molar-refractivity contribution is 0.133. The van der Waals surface area contributed by atoms with Crippen LogP contribution in [0.15, 0.2) is 77.2 Å². The van der Waals surface area contributed by atoms with Gasteiger partial charge in [-0.25, -0.2) is 14.3 Å². The molecule has 1 aliphatic rings. The van der Waals surface area contributed by atoms with Crippen LogP contribution < -0.4 is 15.8 Å². The van der Waals surface area contributed by atoms with Crippen molar-refractivity contribution in [2.45, 2.75) is 78.4 Å². The highest BCUT2D eigenvalue weighted by Crippen LogP contribution is 2.22. The van der Waals surface area contributed by atoms with E-state index in [0.717, 1.165) is 31.9 Å². The van der Waals surface area contributed by atoms with Gasteiger partial charge in [0, 0.05) is 50.8 Å². The fourth-order valence-corrected chi connectivity index (χ4v) is 5.08. The SMILES string of the molecule is C=CCn1c(=O)c2cnc(Nc3ccc(N4CCN(C)CC4)cc3)nc2n1C(/C=C\C=C\C(C)(C)O)=NC.CCCCCCCC. The number of aromatic nitrogens is 4. The highest BCUT2D eigenvalue weighted by atomic mass is 16.3. The highest BCUT2D eigenvalue weighted by molar-refractivity contribution is 5.99. The minimum Gasteiger partial charge on any atom is -0.386 e. The Morgan fingerprint density at radius 2 is 1.70 bits per heavy atom. The monoisotopic (exact) mass is 630 g/mol. The number of nitrogens with zero attached hydrogens (tertiary/aromatic N) is 7. The van der Waals surface area contributed by atoms with E-state index in [0.29, 0.717) is 22.8 Å². The van der Waals surface area contributed by atoms with Gasteiger partial charge in [0.25, 0.3) is 5.56 Å². The van der Waals surface area contributed by atoms with Gasteiger partial charge in [0.2, 0.25) is 5.95 Å². The van der Waals surface area contributed by atoms with Crippen molar-refractivity contribution < 1.29 is 5.11 Å². The van der Waals surface area contributed by atoms with Crippen LogP contribution in [-0.4, -0.2) is 81.0 Å². The molecular weight excluding hydrogens is 576 g/mol. The zero-order valence-electron chi connectivity index (χ0n) is 28.7. The Labute approximate surface area is 274 Å². The van der Waals surface area contributed by atoms with E-state index in [1.165, 1.54) is 55.1 Å². The maximum Gasteiger partial charge on any atom is 0.278 e. The van der Waals surface area contributed by atoms with Gasteiger partial charge in [-0.3, -0.25) is 9.79 Å². The smallest absolute Gasteiger partial charge is 0.278 e. The summed E-state index contributed by atoms with van der Waals surface area (Å²) >= 11 is 0. The van der Waals surface area contributed by atoms with E-state index < -0.39 is 5.60 Å². The van der Waals surface area contributed by atoms with Crippen LogP contribution >= 0.6 is 0 Å². The summed E-state index contributed by atoms with van der Waals surface area (Å²) in [6.45, 7) is 16.1. The van der Waals surface area contributed by atoms with E-state index in [2.05, 4.69) is 69.7 Å². The number of nitrogens with one attached hydrogen (secondary N) is 1. The number of anilines is 3. The summed E-state index contributed by atoms with van der Waals surface area (Å²) < 4.78 is 3.18. The first-order chi connectivity index (χ1) is 22.1. The van der Waals surface area contributed by atoms with E-state index in [1.807, 2.05) is 12.1 Å². The largest absolute Gasteiger partial charge is 0.386 e. The maximum absolute atomic E-state index is 13.2. The van der Waals surface area contributed by atoms with Gasteiger partial charge < -0.3 is 20.2 Å². The fraction of sp³-hybridized carbons (Fsp3) is 0.500. The standard InChI is InChI=1S/C28H36N8O2.C8H18/c1-6-15-35-26(37)23-20-30-27(31-21-10-12-22(13-11-21)34-18-16-33(5)17-19-34)32-25(23)36(35)24(29-4)9-7-8-14-28(2,3)38;1-3-5-7-8-6-4-2/h6-14,20,38H,1,15-19H2,2-5H3,(H,30,31,32);3-8H2,1-2H3/b9-7-,14-8+,29-24?;. The molecule has 0 unspecified atom stereocenters. The van der Waals surface area contributed by atoms with Crippen LogP contribution in [-0.2, 0) is 6.54 Å². The van der Waals surface area contributed by atoms with Crippen molar-refractivity contribution in [2.75, 3.05) is 50.5 Å². The van der Waals surface area contributed by atoms with E-state index in [9.17, 15) is 9.90 Å². The van der Waals surface area contributed by atoms with Crippen molar-refractivity contribution >= 4 is 34.2 Å². The van der Waals surface area contributed by atoms with E-state index in [4.69, 9.17) is 0 Å². The minimum absolute atomic E-state index is 0.232. The molecule has 1 aliphatic heterocycles. The average molecular weight is 631 g/mol. The zero-order valence-corrected chi connectivity index (χ0v) is 28.7. The quantitative estimate of drug-likeness (QED) is 0.0741. The van der Waals surface area contributed by atoms with Crippen LogP contribution in [0, 0.1) is 0 Å². The lowest BCUT2D eigenvalue weighted by Crippen LogP contribution is -2.44. The van der Waals surface area contributed by atoms with Gasteiger partial charge in [-0.2, -0.15) is 4.98 Å². The van der Waals surface area contributed by atoms with Crippen LogP contribution in [0.2, 0.25) is 0 Å². The second-order valence-corrected chi connectivity index (χ2v) is 12.2. The number of allylic oxidation sites excluding steroid dienone is 4. The molecule has 250 valence electrons. The predicted molar refractivity (Wildman–Crippen MR) is 194 cm³/mol. The van der Waals surface area contributed by atoms with Crippen LogP contribution in [0.25, 0.3) is 11.0 Å². The number of rotatable bonds is 13. The second kappa shape index (κ2) is 18.2. The average Bonchev–Trinajstić information content (AvgIpc) is 3.30.